The van der Waals surface area contributed by atoms with Crippen molar-refractivity contribution >= 4 is 17.3 Å². The summed E-state index contributed by atoms with van der Waals surface area (Å²) in [6.07, 6.45) is 3.50. The second-order valence-corrected chi connectivity index (χ2v) is 4.19. The molecular weight excluding hydrogens is 441 g/mol. The molecule has 0 rings (SSSR count). The van der Waals surface area contributed by atoms with Crippen molar-refractivity contribution in [1.29, 1.82) is 0 Å². The van der Waals surface area contributed by atoms with E-state index < -0.39 is 0 Å². The van der Waals surface area contributed by atoms with Crippen molar-refractivity contribution in [2.75, 3.05) is 0 Å². The Balaban J connectivity index is -0.000000108. The molecule has 0 aliphatic carbocycles. The van der Waals surface area contributed by atoms with Crippen LogP contribution in [0.25, 0.3) is 0 Å². The van der Waals surface area contributed by atoms with Gasteiger partial charge in [0.15, 0.2) is 17.3 Å². The number of hydrogen-bond acceptors (Lipinski definition) is 6. The summed E-state index contributed by atoms with van der Waals surface area (Å²) in [6, 6.07) is 0. The molecule has 0 atom stereocenters. The van der Waals surface area contributed by atoms with E-state index in [0.717, 1.165) is 0 Å². The number of ketones is 3. The number of hydrogen-bond donors (Lipinski definition) is 3. The number of carbonyl (C=O) groups is 3. The van der Waals surface area contributed by atoms with E-state index >= 15 is 0 Å². The molecule has 0 saturated heterocycles. The number of rotatable bonds is 3. The number of aliphatic hydroxyl groups is 3. The van der Waals surface area contributed by atoms with Gasteiger partial charge < -0.3 is 15.3 Å². The first-order valence-electron chi connectivity index (χ1n) is 6.02. The van der Waals surface area contributed by atoms with Crippen molar-refractivity contribution in [3.8, 4) is 0 Å². The summed E-state index contributed by atoms with van der Waals surface area (Å²) in [7, 11) is 0. The number of aliphatic hydroxyl groups excluding tert-OH is 3. The van der Waals surface area contributed by atoms with Crippen molar-refractivity contribution in [2.24, 2.45) is 0 Å². The summed E-state index contributed by atoms with van der Waals surface area (Å²) < 4.78 is 0. The van der Waals surface area contributed by atoms with Gasteiger partial charge in [-0.25, -0.2) is 0 Å². The molecule has 0 amide bonds. The molecule has 22 heavy (non-hydrogen) atoms. The fourth-order valence-electron chi connectivity index (χ4n) is 0.882. The van der Waals surface area contributed by atoms with Gasteiger partial charge >= 0.3 is 0 Å². The van der Waals surface area contributed by atoms with E-state index in [1.165, 1.54) is 59.8 Å². The number of carbonyl (C=O) groups excluding carboxylic acids is 3. The van der Waals surface area contributed by atoms with Crippen LogP contribution in [0.3, 0.4) is 0 Å². The van der Waals surface area contributed by atoms with Gasteiger partial charge in [0.25, 0.3) is 0 Å². The Kier molecular flexibility index (Phi) is 23.6. The Morgan fingerprint density at radius 1 is 0.545 bits per heavy atom. The molecule has 0 aromatic carbocycles. The molecule has 0 fully saturated rings. The summed E-state index contributed by atoms with van der Waals surface area (Å²) >= 11 is 0. The van der Waals surface area contributed by atoms with Crippen LogP contribution in [0.1, 0.15) is 41.5 Å². The molecule has 0 aliphatic heterocycles. The molecule has 0 unspecified atom stereocenters. The molecule has 131 valence electrons. The maximum atomic E-state index is 10.0. The SMILES string of the molecule is CC(=O)C=C(C)O.CC(=O)C=C(C)O.CC(=O)C=C(C)O.[Ho]. The first-order chi connectivity index (χ1) is 9.38. The molecule has 0 aromatic heterocycles. The average molecular weight is 465 g/mol. The second-order valence-electron chi connectivity index (χ2n) is 4.19. The van der Waals surface area contributed by atoms with Crippen LogP contribution in [-0.4, -0.2) is 32.7 Å². The molecule has 7 heteroatoms. The first kappa shape index (κ1) is 29.0. The fraction of sp³-hybridized carbons (Fsp3) is 0.400. The minimum atomic E-state index is -0.125. The monoisotopic (exact) mass is 465 g/mol. The normalized spacial score (nSPS) is 10.9. The van der Waals surface area contributed by atoms with Gasteiger partial charge in [-0.2, -0.15) is 0 Å². The van der Waals surface area contributed by atoms with Crippen LogP contribution in [-0.2, 0) is 14.4 Å². The molecule has 0 heterocycles. The average Bonchev–Trinajstić information content (AvgIpc) is 2.10. The predicted molar refractivity (Wildman–Crippen MR) is 81.2 cm³/mol. The Bertz CT molecular complexity index is 368. The van der Waals surface area contributed by atoms with Gasteiger partial charge in [-0.1, -0.05) is 0 Å². The third kappa shape index (κ3) is 51.0. The Morgan fingerprint density at radius 2 is 0.682 bits per heavy atom. The molecular formula is C15H24HoO6. The zero-order valence-corrected chi connectivity index (χ0v) is 15.5. The zero-order chi connectivity index (χ0) is 17.6. The molecule has 0 aliphatic rings. The Labute approximate surface area is 161 Å². The summed E-state index contributed by atoms with van der Waals surface area (Å²) in [5.41, 5.74) is 0. The Hall–Kier alpha value is -1.11. The van der Waals surface area contributed by atoms with Crippen LogP contribution in [0, 0.1) is 37.7 Å². The van der Waals surface area contributed by atoms with Crippen LogP contribution in [0.15, 0.2) is 35.5 Å². The smallest absolute Gasteiger partial charge is 0.155 e. The van der Waals surface area contributed by atoms with Crippen molar-refractivity contribution in [3.05, 3.63) is 35.5 Å². The summed E-state index contributed by atoms with van der Waals surface area (Å²) in [5, 5.41) is 25.1. The topological polar surface area (TPSA) is 112 Å². The molecule has 1 radical (unpaired) electrons. The Morgan fingerprint density at radius 3 is 0.682 bits per heavy atom. The van der Waals surface area contributed by atoms with Gasteiger partial charge in [0.1, 0.15) is 0 Å². The summed E-state index contributed by atoms with van der Waals surface area (Å²) in [4.78, 5) is 30.1. The van der Waals surface area contributed by atoms with Crippen molar-refractivity contribution < 1.29 is 67.4 Å². The van der Waals surface area contributed by atoms with Crippen molar-refractivity contribution in [1.82, 2.24) is 0 Å². The standard InChI is InChI=1S/3C5H8O2.Ho/c3*1-4(6)3-5(2)7;/h3*3,6H,1-2H3;. The molecule has 0 spiro atoms. The van der Waals surface area contributed by atoms with Crippen LogP contribution in [0.4, 0.5) is 0 Å². The van der Waals surface area contributed by atoms with Crippen LogP contribution >= 0.6 is 0 Å². The van der Waals surface area contributed by atoms with Gasteiger partial charge in [0.2, 0.25) is 0 Å². The molecule has 0 bridgehead atoms. The quantitative estimate of drug-likeness (QED) is 0.336. The summed E-state index contributed by atoms with van der Waals surface area (Å²) in [6.45, 7) is 8.54. The van der Waals surface area contributed by atoms with E-state index in [1.54, 1.807) is 0 Å². The third-order valence-corrected chi connectivity index (χ3v) is 1.24. The van der Waals surface area contributed by atoms with Crippen molar-refractivity contribution in [2.45, 2.75) is 41.5 Å². The first-order valence-corrected chi connectivity index (χ1v) is 6.02. The van der Waals surface area contributed by atoms with Gasteiger partial charge in [0, 0.05) is 56.0 Å². The molecule has 3 N–H and O–H groups in total. The van der Waals surface area contributed by atoms with E-state index in [1.807, 2.05) is 0 Å². The molecule has 0 aromatic rings. The maximum Gasteiger partial charge on any atom is 0.155 e. The van der Waals surface area contributed by atoms with E-state index in [-0.39, 0.29) is 72.4 Å². The number of allylic oxidation sites excluding steroid dienone is 6. The van der Waals surface area contributed by atoms with Crippen LogP contribution in [0.5, 0.6) is 0 Å². The van der Waals surface area contributed by atoms with E-state index in [0.29, 0.717) is 0 Å². The largest absolute Gasteiger partial charge is 0.512 e. The zero-order valence-electron chi connectivity index (χ0n) is 13.6. The maximum absolute atomic E-state index is 10.0. The molecule has 6 nitrogen and oxygen atoms in total. The van der Waals surface area contributed by atoms with Crippen LogP contribution < -0.4 is 0 Å². The van der Waals surface area contributed by atoms with Crippen LogP contribution in [0.2, 0.25) is 0 Å². The minimum Gasteiger partial charge on any atom is -0.512 e. The van der Waals surface area contributed by atoms with E-state index in [9.17, 15) is 14.4 Å². The minimum absolute atomic E-state index is 0. The summed E-state index contributed by atoms with van der Waals surface area (Å²) in [5.74, 6) is -0.187. The molecule has 0 saturated carbocycles. The van der Waals surface area contributed by atoms with E-state index in [4.69, 9.17) is 15.3 Å². The van der Waals surface area contributed by atoms with Gasteiger partial charge in [-0.3, -0.25) is 14.4 Å². The fourth-order valence-corrected chi connectivity index (χ4v) is 0.882. The van der Waals surface area contributed by atoms with Gasteiger partial charge in [-0.05, 0) is 41.5 Å². The van der Waals surface area contributed by atoms with E-state index in [2.05, 4.69) is 0 Å². The predicted octanol–water partition coefficient (Wildman–Crippen LogP) is 3.11. The van der Waals surface area contributed by atoms with Gasteiger partial charge in [-0.15, -0.1) is 0 Å². The van der Waals surface area contributed by atoms with Gasteiger partial charge in [0.05, 0.1) is 17.3 Å². The van der Waals surface area contributed by atoms with Crippen molar-refractivity contribution in [3.63, 3.8) is 0 Å². The second kappa shape index (κ2) is 17.9. The third-order valence-electron chi connectivity index (χ3n) is 1.24.